The normalized spacial score (nSPS) is 15.7. The summed E-state index contributed by atoms with van der Waals surface area (Å²) >= 11 is 0. The zero-order valence-electron chi connectivity index (χ0n) is 19.6. The van der Waals surface area contributed by atoms with E-state index in [9.17, 15) is 18.3 Å². The van der Waals surface area contributed by atoms with Gasteiger partial charge < -0.3 is 9.84 Å². The average molecular weight is 515 g/mol. The number of carbonyl (C=O) groups is 1. The number of hydrogen-bond donors (Lipinski definition) is 1. The quantitative estimate of drug-likeness (QED) is 0.374. The van der Waals surface area contributed by atoms with E-state index in [0.717, 1.165) is 5.52 Å². The first-order chi connectivity index (χ1) is 17.9. The maximum Gasteiger partial charge on any atom is 0.314 e. The molecule has 5 aromatic rings. The smallest absolute Gasteiger partial charge is 0.314 e. The first-order valence-electron chi connectivity index (χ1n) is 11.8. The molecule has 1 aliphatic heterocycles. The lowest BCUT2D eigenvalue weighted by molar-refractivity contribution is -0.147. The van der Waals surface area contributed by atoms with Crippen molar-refractivity contribution in [3.63, 3.8) is 0 Å². The van der Waals surface area contributed by atoms with Crippen molar-refractivity contribution in [3.05, 3.63) is 84.6 Å². The van der Waals surface area contributed by atoms with E-state index in [1.54, 1.807) is 48.7 Å². The Morgan fingerprint density at radius 2 is 1.73 bits per heavy atom. The highest BCUT2D eigenvalue weighted by molar-refractivity contribution is 7.91. The van der Waals surface area contributed by atoms with Crippen LogP contribution in [-0.4, -0.2) is 52.3 Å². The van der Waals surface area contributed by atoms with Crippen LogP contribution in [0.4, 0.5) is 0 Å². The molecule has 4 heterocycles. The molecule has 0 atom stereocenters. The molecule has 0 bridgehead atoms. The minimum atomic E-state index is -3.92. The molecule has 9 nitrogen and oxygen atoms in total. The fourth-order valence-corrected chi connectivity index (χ4v) is 6.29. The maximum atomic E-state index is 13.7. The van der Waals surface area contributed by atoms with Crippen molar-refractivity contribution >= 4 is 32.4 Å². The largest absolute Gasteiger partial charge is 0.481 e. The van der Waals surface area contributed by atoms with Gasteiger partial charge in [-0.2, -0.15) is 0 Å². The van der Waals surface area contributed by atoms with Crippen LogP contribution in [0.2, 0.25) is 0 Å². The Morgan fingerprint density at radius 1 is 0.919 bits per heavy atom. The van der Waals surface area contributed by atoms with Crippen LogP contribution in [0.1, 0.15) is 18.4 Å². The van der Waals surface area contributed by atoms with Gasteiger partial charge in [0.25, 0.3) is 0 Å². The van der Waals surface area contributed by atoms with Crippen molar-refractivity contribution in [2.45, 2.75) is 28.0 Å². The molecule has 10 heteroatoms. The fraction of sp³-hybridized carbons (Fsp3) is 0.185. The summed E-state index contributed by atoms with van der Waals surface area (Å²) in [5.74, 6) is -0.419. The number of rotatable bonds is 5. The van der Waals surface area contributed by atoms with Crippen LogP contribution in [0.15, 0.2) is 88.8 Å². The van der Waals surface area contributed by atoms with E-state index < -0.39 is 21.2 Å². The number of carboxylic acids is 1. The molecule has 3 aromatic heterocycles. The second-order valence-corrected chi connectivity index (χ2v) is 11.0. The first kappa shape index (κ1) is 23.3. The number of carboxylic acid groups (broad SMARTS) is 1. The Hall–Kier alpha value is -4.15. The maximum absolute atomic E-state index is 13.7. The summed E-state index contributed by atoms with van der Waals surface area (Å²) in [6, 6.07) is 20.3. The predicted molar refractivity (Wildman–Crippen MR) is 135 cm³/mol. The molecular weight excluding hydrogens is 492 g/mol. The minimum absolute atomic E-state index is 0.0519. The number of benzene rings is 2. The van der Waals surface area contributed by atoms with Crippen molar-refractivity contribution in [1.82, 2.24) is 19.6 Å². The number of hydrogen-bond acceptors (Lipinski definition) is 7. The topological polar surface area (TPSA) is 124 Å². The number of fused-ring (bicyclic) bond motifs is 3. The Bertz CT molecular complexity index is 1760. The molecule has 0 aliphatic carbocycles. The van der Waals surface area contributed by atoms with E-state index in [2.05, 4.69) is 15.2 Å². The summed E-state index contributed by atoms with van der Waals surface area (Å²) in [6.45, 7) is 0.623. The highest BCUT2D eigenvalue weighted by Gasteiger charge is 2.42. The molecule has 2 aromatic carbocycles. The van der Waals surface area contributed by atoms with Gasteiger partial charge in [0.1, 0.15) is 5.69 Å². The SMILES string of the molecule is O=C(O)C1(c2cccc(S(=O)(=O)c3ccc4c(ccc5nnc(-c6ccccn6)n54)c3)c2)CCOCC1. The van der Waals surface area contributed by atoms with Gasteiger partial charge in [-0.15, -0.1) is 10.2 Å². The van der Waals surface area contributed by atoms with Gasteiger partial charge in [0.15, 0.2) is 11.5 Å². The van der Waals surface area contributed by atoms with Gasteiger partial charge >= 0.3 is 5.97 Å². The molecule has 6 rings (SSSR count). The van der Waals surface area contributed by atoms with Crippen LogP contribution in [-0.2, 0) is 24.8 Å². The second-order valence-electron chi connectivity index (χ2n) is 9.02. The van der Waals surface area contributed by atoms with E-state index in [1.807, 2.05) is 22.6 Å². The van der Waals surface area contributed by atoms with Gasteiger partial charge in [-0.05, 0) is 73.0 Å². The van der Waals surface area contributed by atoms with E-state index in [4.69, 9.17) is 4.74 Å². The van der Waals surface area contributed by atoms with Crippen LogP contribution in [0.3, 0.4) is 0 Å². The summed E-state index contributed by atoms with van der Waals surface area (Å²) in [5, 5.41) is 19.2. The summed E-state index contributed by atoms with van der Waals surface area (Å²) in [5.41, 5.74) is 1.30. The van der Waals surface area contributed by atoms with Crippen LogP contribution in [0.5, 0.6) is 0 Å². The third kappa shape index (κ3) is 3.76. The second kappa shape index (κ2) is 8.75. The van der Waals surface area contributed by atoms with E-state index in [-0.39, 0.29) is 22.6 Å². The predicted octanol–water partition coefficient (Wildman–Crippen LogP) is 3.91. The Labute approximate surface area is 212 Å². The fourth-order valence-electron chi connectivity index (χ4n) is 4.95. The number of ether oxygens (including phenoxy) is 1. The van der Waals surface area contributed by atoms with Crippen molar-refractivity contribution in [3.8, 4) is 11.5 Å². The van der Waals surface area contributed by atoms with Gasteiger partial charge in [0.05, 0.1) is 20.7 Å². The van der Waals surface area contributed by atoms with Crippen LogP contribution >= 0.6 is 0 Å². The molecule has 0 amide bonds. The zero-order valence-corrected chi connectivity index (χ0v) is 20.4. The Morgan fingerprint density at radius 3 is 2.49 bits per heavy atom. The molecule has 1 aliphatic rings. The Balaban J connectivity index is 1.45. The lowest BCUT2D eigenvalue weighted by atomic mass is 9.74. The van der Waals surface area contributed by atoms with Gasteiger partial charge in [-0.3, -0.25) is 14.2 Å². The van der Waals surface area contributed by atoms with Crippen LogP contribution in [0.25, 0.3) is 28.1 Å². The lowest BCUT2D eigenvalue weighted by Gasteiger charge is -2.33. The number of sulfone groups is 1. The molecular formula is C27H22N4O5S. The molecule has 37 heavy (non-hydrogen) atoms. The van der Waals surface area contributed by atoms with Crippen molar-refractivity contribution in [2.75, 3.05) is 13.2 Å². The molecule has 0 unspecified atom stereocenters. The van der Waals surface area contributed by atoms with Gasteiger partial charge in [-0.1, -0.05) is 18.2 Å². The van der Waals surface area contributed by atoms with Crippen molar-refractivity contribution < 1.29 is 23.1 Å². The summed E-state index contributed by atoms with van der Waals surface area (Å²) in [6.07, 6.45) is 2.25. The molecule has 1 fully saturated rings. The third-order valence-corrected chi connectivity index (χ3v) is 8.75. The summed E-state index contributed by atoms with van der Waals surface area (Å²) in [4.78, 5) is 16.8. The molecule has 0 radical (unpaired) electrons. The minimum Gasteiger partial charge on any atom is -0.481 e. The molecule has 1 saturated heterocycles. The zero-order chi connectivity index (χ0) is 25.6. The number of aromatic nitrogens is 4. The van der Waals surface area contributed by atoms with Gasteiger partial charge in [-0.25, -0.2) is 8.42 Å². The van der Waals surface area contributed by atoms with E-state index in [0.29, 0.717) is 41.3 Å². The van der Waals surface area contributed by atoms with Crippen molar-refractivity contribution in [1.29, 1.82) is 0 Å². The number of aliphatic carboxylic acids is 1. The number of pyridine rings is 2. The van der Waals surface area contributed by atoms with Gasteiger partial charge in [0.2, 0.25) is 9.84 Å². The standard InChI is InChI=1S/C27H22N4O5S/c32-26(33)27(11-14-36-15-12-27)19-4-3-5-20(17-19)37(34,35)21-8-9-23-18(16-21)7-10-24-29-30-25(31(23)24)22-6-1-2-13-28-22/h1-10,13,16-17H,11-12,14-15H2,(H,32,33). The molecule has 186 valence electrons. The molecule has 0 spiro atoms. The lowest BCUT2D eigenvalue weighted by Crippen LogP contribution is -2.41. The van der Waals surface area contributed by atoms with E-state index in [1.165, 1.54) is 12.1 Å². The third-order valence-electron chi connectivity index (χ3n) is 7.00. The first-order valence-corrected chi connectivity index (χ1v) is 13.2. The highest BCUT2D eigenvalue weighted by atomic mass is 32.2. The van der Waals surface area contributed by atoms with Crippen LogP contribution < -0.4 is 0 Å². The average Bonchev–Trinajstić information content (AvgIpc) is 3.38. The highest BCUT2D eigenvalue weighted by Crippen LogP contribution is 2.37. The molecule has 0 saturated carbocycles. The molecule has 1 N–H and O–H groups in total. The van der Waals surface area contributed by atoms with E-state index >= 15 is 0 Å². The van der Waals surface area contributed by atoms with Crippen molar-refractivity contribution in [2.24, 2.45) is 0 Å². The summed E-state index contributed by atoms with van der Waals surface area (Å²) < 4.78 is 34.6. The monoisotopic (exact) mass is 514 g/mol. The summed E-state index contributed by atoms with van der Waals surface area (Å²) in [7, 11) is -3.92. The number of nitrogens with zero attached hydrogens (tertiary/aromatic N) is 4. The van der Waals surface area contributed by atoms with Gasteiger partial charge in [0, 0.05) is 24.8 Å². The van der Waals surface area contributed by atoms with Crippen LogP contribution in [0, 0.1) is 0 Å². The Kier molecular flexibility index (Phi) is 5.50.